The van der Waals surface area contributed by atoms with Crippen LogP contribution >= 0.6 is 15.9 Å². The molecule has 3 aromatic carbocycles. The zero-order chi connectivity index (χ0) is 26.4. The molecule has 1 amide bonds. The fourth-order valence-electron chi connectivity index (χ4n) is 4.91. The van der Waals surface area contributed by atoms with Gasteiger partial charge in [0.15, 0.2) is 6.23 Å². The zero-order valence-electron chi connectivity index (χ0n) is 20.3. The Balaban J connectivity index is 1.33. The minimum Gasteiger partial charge on any atom is -0.359 e. The largest absolute Gasteiger partial charge is 0.359 e. The number of benzene rings is 3. The number of aromatic nitrogens is 2. The number of carbonyl (C=O) groups excluding carboxylic acids is 1. The second kappa shape index (κ2) is 9.81. The predicted octanol–water partition coefficient (Wildman–Crippen LogP) is 6.16. The highest BCUT2D eigenvalue weighted by molar-refractivity contribution is 9.10. The first-order valence-corrected chi connectivity index (χ1v) is 12.9. The van der Waals surface area contributed by atoms with Crippen molar-refractivity contribution in [3.05, 3.63) is 112 Å². The first-order chi connectivity index (χ1) is 18.4. The quantitative estimate of drug-likeness (QED) is 0.298. The Hall–Kier alpha value is -3.82. The van der Waals surface area contributed by atoms with E-state index in [2.05, 4.69) is 27.8 Å². The number of anilines is 1. The van der Waals surface area contributed by atoms with Crippen LogP contribution in [-0.4, -0.2) is 33.7 Å². The van der Waals surface area contributed by atoms with Crippen LogP contribution in [0, 0.1) is 11.6 Å². The molecule has 38 heavy (non-hydrogen) atoms. The number of ether oxygens (including phenoxy) is 1. The van der Waals surface area contributed by atoms with Crippen molar-refractivity contribution in [2.45, 2.75) is 19.1 Å². The van der Waals surface area contributed by atoms with E-state index in [1.807, 2.05) is 36.5 Å². The zero-order valence-corrected chi connectivity index (χ0v) is 21.8. The monoisotopic (exact) mass is 576 g/mol. The summed E-state index contributed by atoms with van der Waals surface area (Å²) in [6.07, 6.45) is 2.08. The van der Waals surface area contributed by atoms with Crippen molar-refractivity contribution < 1.29 is 18.3 Å². The molecular weight excluding hydrogens is 554 g/mol. The van der Waals surface area contributed by atoms with Crippen molar-refractivity contribution in [3.63, 3.8) is 0 Å². The number of allylic oxidation sites excluding steroid dienone is 1. The number of halogens is 3. The second-order valence-corrected chi connectivity index (χ2v) is 10.3. The molecule has 4 aromatic rings. The van der Waals surface area contributed by atoms with E-state index >= 15 is 0 Å². The van der Waals surface area contributed by atoms with Gasteiger partial charge in [-0.3, -0.25) is 4.79 Å². The molecule has 1 fully saturated rings. The highest BCUT2D eigenvalue weighted by Crippen LogP contribution is 2.36. The number of rotatable bonds is 6. The smallest absolute Gasteiger partial charge is 0.250 e. The van der Waals surface area contributed by atoms with Crippen LogP contribution in [0.5, 0.6) is 0 Å². The van der Waals surface area contributed by atoms with Crippen LogP contribution in [0.3, 0.4) is 0 Å². The third-order valence-electron chi connectivity index (χ3n) is 6.80. The van der Waals surface area contributed by atoms with Crippen molar-refractivity contribution >= 4 is 27.5 Å². The van der Waals surface area contributed by atoms with Crippen LogP contribution in [0.4, 0.5) is 14.5 Å². The lowest BCUT2D eigenvalue weighted by Crippen LogP contribution is -2.31. The van der Waals surface area contributed by atoms with E-state index in [4.69, 9.17) is 9.84 Å². The van der Waals surface area contributed by atoms with Crippen LogP contribution in [0.15, 0.2) is 83.6 Å². The van der Waals surface area contributed by atoms with Gasteiger partial charge in [0.25, 0.3) is 5.91 Å². The molecule has 0 spiro atoms. The maximum atomic E-state index is 14.8. The van der Waals surface area contributed by atoms with E-state index in [9.17, 15) is 13.6 Å². The molecule has 0 aliphatic carbocycles. The predicted molar refractivity (Wildman–Crippen MR) is 144 cm³/mol. The van der Waals surface area contributed by atoms with Gasteiger partial charge in [-0.05, 0) is 72.1 Å². The molecule has 1 atom stereocenters. The summed E-state index contributed by atoms with van der Waals surface area (Å²) in [5.41, 5.74) is 5.83. The molecule has 0 bridgehead atoms. The van der Waals surface area contributed by atoms with E-state index in [0.29, 0.717) is 35.2 Å². The Bertz CT molecular complexity index is 1550. The standard InChI is InChI=1S/C29H23BrF2N4O2/c1-17-12-20-13-19(25(32)14-26(20)33-17)10-11-35-27(37)16-38-29(35)24-15-36(23-8-4-21(30)5-9-23)34-28(24)18-2-6-22(31)7-3-18/h2-9,13-15,29,33H,1,10-12,16H2/t29-/m1/s1. The van der Waals surface area contributed by atoms with Crippen LogP contribution in [-0.2, 0) is 22.4 Å². The fourth-order valence-corrected chi connectivity index (χ4v) is 5.17. The summed E-state index contributed by atoms with van der Waals surface area (Å²) < 4.78 is 37.1. The molecule has 1 saturated heterocycles. The Labute approximate surface area is 226 Å². The van der Waals surface area contributed by atoms with Crippen LogP contribution < -0.4 is 5.32 Å². The molecule has 1 N–H and O–H groups in total. The van der Waals surface area contributed by atoms with E-state index in [1.165, 1.54) is 18.2 Å². The van der Waals surface area contributed by atoms with Crippen LogP contribution in [0.1, 0.15) is 22.9 Å². The summed E-state index contributed by atoms with van der Waals surface area (Å²) in [6, 6.07) is 17.0. The van der Waals surface area contributed by atoms with Gasteiger partial charge in [-0.2, -0.15) is 5.10 Å². The highest BCUT2D eigenvalue weighted by atomic mass is 79.9. The number of nitrogens with zero attached hydrogens (tertiary/aromatic N) is 3. The van der Waals surface area contributed by atoms with Gasteiger partial charge in [0.1, 0.15) is 23.9 Å². The van der Waals surface area contributed by atoms with E-state index in [1.54, 1.807) is 21.7 Å². The van der Waals surface area contributed by atoms with Crippen molar-refractivity contribution in [2.24, 2.45) is 0 Å². The molecule has 6 nitrogen and oxygen atoms in total. The second-order valence-electron chi connectivity index (χ2n) is 9.37. The Morgan fingerprint density at radius 1 is 1.11 bits per heavy atom. The van der Waals surface area contributed by atoms with Crippen LogP contribution in [0.2, 0.25) is 0 Å². The number of hydrogen-bond acceptors (Lipinski definition) is 4. The van der Waals surface area contributed by atoms with Gasteiger partial charge in [0, 0.05) is 46.1 Å². The van der Waals surface area contributed by atoms with Gasteiger partial charge in [-0.1, -0.05) is 28.6 Å². The number of amides is 1. The molecule has 0 unspecified atom stereocenters. The molecule has 2 aliphatic rings. The highest BCUT2D eigenvalue weighted by Gasteiger charge is 2.36. The first kappa shape index (κ1) is 24.5. The normalized spacial score (nSPS) is 16.7. The maximum Gasteiger partial charge on any atom is 0.250 e. The lowest BCUT2D eigenvalue weighted by Gasteiger charge is -2.23. The van der Waals surface area contributed by atoms with Crippen molar-refractivity contribution in [1.82, 2.24) is 14.7 Å². The lowest BCUT2D eigenvalue weighted by atomic mass is 10.0. The van der Waals surface area contributed by atoms with E-state index in [0.717, 1.165) is 27.1 Å². The lowest BCUT2D eigenvalue weighted by molar-refractivity contribution is -0.128. The molecule has 2 aliphatic heterocycles. The Morgan fingerprint density at radius 2 is 1.87 bits per heavy atom. The molecular formula is C29H23BrF2N4O2. The van der Waals surface area contributed by atoms with Crippen LogP contribution in [0.25, 0.3) is 16.9 Å². The number of fused-ring (bicyclic) bond motifs is 1. The molecule has 0 saturated carbocycles. The third-order valence-corrected chi connectivity index (χ3v) is 7.32. The molecule has 0 radical (unpaired) electrons. The third kappa shape index (κ3) is 4.63. The number of nitrogens with one attached hydrogen (secondary N) is 1. The maximum absolute atomic E-state index is 14.8. The summed E-state index contributed by atoms with van der Waals surface area (Å²) >= 11 is 3.45. The Morgan fingerprint density at radius 3 is 2.63 bits per heavy atom. The average molecular weight is 577 g/mol. The number of carbonyl (C=O) groups is 1. The molecule has 1 aromatic heterocycles. The van der Waals surface area contributed by atoms with Crippen molar-refractivity contribution in [2.75, 3.05) is 18.5 Å². The van der Waals surface area contributed by atoms with Gasteiger partial charge >= 0.3 is 0 Å². The SMILES string of the molecule is C=C1Cc2cc(CCN3C(=O)CO[C@@H]3c3cn(-c4ccc(Br)cc4)nc3-c3ccc(F)cc3)c(F)cc2N1. The van der Waals surface area contributed by atoms with Gasteiger partial charge in [-0.25, -0.2) is 13.5 Å². The molecule has 9 heteroatoms. The van der Waals surface area contributed by atoms with E-state index in [-0.39, 0.29) is 30.7 Å². The first-order valence-electron chi connectivity index (χ1n) is 12.1. The van der Waals surface area contributed by atoms with Gasteiger partial charge < -0.3 is 15.0 Å². The van der Waals surface area contributed by atoms with E-state index < -0.39 is 6.23 Å². The fraction of sp³-hybridized carbons (Fsp3) is 0.172. The average Bonchev–Trinajstić information content (AvgIpc) is 3.59. The molecule has 6 rings (SSSR count). The minimum absolute atomic E-state index is 0.0899. The summed E-state index contributed by atoms with van der Waals surface area (Å²) in [5.74, 6) is -0.870. The summed E-state index contributed by atoms with van der Waals surface area (Å²) in [7, 11) is 0. The molecule has 3 heterocycles. The summed E-state index contributed by atoms with van der Waals surface area (Å²) in [5, 5.41) is 7.87. The summed E-state index contributed by atoms with van der Waals surface area (Å²) in [6.45, 7) is 4.10. The summed E-state index contributed by atoms with van der Waals surface area (Å²) in [4.78, 5) is 14.5. The van der Waals surface area contributed by atoms with Gasteiger partial charge in [0.2, 0.25) is 0 Å². The molecule has 192 valence electrons. The topological polar surface area (TPSA) is 59.4 Å². The minimum atomic E-state index is -0.717. The van der Waals surface area contributed by atoms with Crippen molar-refractivity contribution in [1.29, 1.82) is 0 Å². The number of hydrogen-bond donors (Lipinski definition) is 1. The van der Waals surface area contributed by atoms with Crippen molar-refractivity contribution in [3.8, 4) is 16.9 Å². The Kier molecular flexibility index (Phi) is 6.33. The van der Waals surface area contributed by atoms with Gasteiger partial charge in [-0.15, -0.1) is 0 Å². The van der Waals surface area contributed by atoms with Gasteiger partial charge in [0.05, 0.1) is 5.69 Å².